The molecule has 2 bridgehead atoms. The maximum Gasteiger partial charge on any atom is 0.256 e. The number of rotatable bonds is 1. The van der Waals surface area contributed by atoms with Crippen molar-refractivity contribution in [3.05, 3.63) is 65.0 Å². The lowest BCUT2D eigenvalue weighted by molar-refractivity contribution is 0.0932. The predicted molar refractivity (Wildman–Crippen MR) is 126 cm³/mol. The normalized spacial score (nSPS) is 18.0. The van der Waals surface area contributed by atoms with Gasteiger partial charge >= 0.3 is 0 Å². The Morgan fingerprint density at radius 3 is 2.77 bits per heavy atom. The first-order chi connectivity index (χ1) is 16.7. The number of fused-ring (bicyclic) bond motifs is 2. The molecular formula is C24H23F2N7O2. The minimum atomic E-state index is -0.542. The second-order valence-corrected chi connectivity index (χ2v) is 8.53. The molecule has 4 aromatic rings. The molecule has 1 aliphatic rings. The number of nitrogen functional groups attached to an aromatic ring is 1. The van der Waals surface area contributed by atoms with Gasteiger partial charge in [0.1, 0.15) is 34.9 Å². The molecule has 4 heterocycles. The smallest absolute Gasteiger partial charge is 0.256 e. The van der Waals surface area contributed by atoms with Gasteiger partial charge in [0.2, 0.25) is 5.88 Å². The largest absolute Gasteiger partial charge is 0.473 e. The topological polar surface area (TPSA) is 119 Å². The van der Waals surface area contributed by atoms with Crippen LogP contribution in [0.2, 0.25) is 0 Å². The summed E-state index contributed by atoms with van der Waals surface area (Å²) in [4.78, 5) is 21.7. The number of hydrogen-bond acceptors (Lipinski definition) is 7. The molecule has 1 amide bonds. The number of benzene rings is 1. The van der Waals surface area contributed by atoms with E-state index < -0.39 is 29.7 Å². The number of pyridine rings is 1. The van der Waals surface area contributed by atoms with Gasteiger partial charge in [0.15, 0.2) is 5.65 Å². The second-order valence-electron chi connectivity index (χ2n) is 8.53. The lowest BCUT2D eigenvalue weighted by Gasteiger charge is -2.22. The molecule has 0 saturated carbocycles. The maximum atomic E-state index is 14.5. The standard InChI is InChI=1S/C24H23F2N7O2/c1-11-4-5-14(6-18(11)26)19-20(27)33-22-17(10-30-33)23(34)28-8-12(2)35-24-16(7-15(25)9-29-24)13(3)31-21(19)32-22/h4-7,9-10,12-13H,8,27H2,1-3H3,(H,28,34)(H,31,32)/t12-,13+/m0/s1. The quantitative estimate of drug-likeness (QED) is 0.381. The van der Waals surface area contributed by atoms with Crippen molar-refractivity contribution >= 4 is 23.2 Å². The van der Waals surface area contributed by atoms with Gasteiger partial charge in [-0.15, -0.1) is 0 Å². The van der Waals surface area contributed by atoms with Crippen LogP contribution in [0.1, 0.15) is 41.4 Å². The molecule has 35 heavy (non-hydrogen) atoms. The molecule has 0 spiro atoms. The van der Waals surface area contributed by atoms with Crippen molar-refractivity contribution in [2.45, 2.75) is 32.9 Å². The van der Waals surface area contributed by atoms with Gasteiger partial charge in [-0.3, -0.25) is 4.79 Å². The minimum absolute atomic E-state index is 0.157. The van der Waals surface area contributed by atoms with Crippen molar-refractivity contribution < 1.29 is 18.3 Å². The van der Waals surface area contributed by atoms with E-state index in [0.717, 1.165) is 6.20 Å². The van der Waals surface area contributed by atoms with E-state index in [1.807, 2.05) is 0 Å². The first-order valence-electron chi connectivity index (χ1n) is 11.0. The Morgan fingerprint density at radius 2 is 2.00 bits per heavy atom. The Bertz CT molecular complexity index is 1470. The molecule has 0 fully saturated rings. The van der Waals surface area contributed by atoms with Gasteiger partial charge in [-0.25, -0.2) is 18.7 Å². The SMILES string of the molecule is Cc1ccc(-c2c3nc4c(cnn4c2N)C(=O)NC[C@H](C)Oc2ncc(F)cc2[C@@H](C)N3)cc1F. The molecule has 4 N–H and O–H groups in total. The van der Waals surface area contributed by atoms with Gasteiger partial charge in [0, 0.05) is 5.56 Å². The lowest BCUT2D eigenvalue weighted by Crippen LogP contribution is -2.34. The zero-order chi connectivity index (χ0) is 24.9. The molecule has 2 atom stereocenters. The van der Waals surface area contributed by atoms with Crippen LogP contribution in [0, 0.1) is 18.6 Å². The number of aryl methyl sites for hydroxylation is 1. The van der Waals surface area contributed by atoms with Gasteiger partial charge in [0.25, 0.3) is 5.91 Å². The fourth-order valence-corrected chi connectivity index (χ4v) is 4.01. The van der Waals surface area contributed by atoms with Gasteiger partial charge < -0.3 is 21.1 Å². The van der Waals surface area contributed by atoms with Crippen LogP contribution in [-0.4, -0.2) is 38.1 Å². The van der Waals surface area contributed by atoms with E-state index in [0.29, 0.717) is 22.3 Å². The van der Waals surface area contributed by atoms with E-state index in [4.69, 9.17) is 10.5 Å². The molecule has 0 radical (unpaired) electrons. The molecule has 0 saturated heterocycles. The van der Waals surface area contributed by atoms with E-state index in [1.165, 1.54) is 22.8 Å². The number of ether oxygens (including phenoxy) is 1. The molecule has 0 aliphatic carbocycles. The Labute approximate surface area is 199 Å². The molecule has 1 aliphatic heterocycles. The van der Waals surface area contributed by atoms with Gasteiger partial charge in [-0.1, -0.05) is 12.1 Å². The Hall–Kier alpha value is -4.28. The summed E-state index contributed by atoms with van der Waals surface area (Å²) >= 11 is 0. The molecule has 5 rings (SSSR count). The number of nitrogens with one attached hydrogen (secondary N) is 2. The number of amides is 1. The molecule has 180 valence electrons. The highest BCUT2D eigenvalue weighted by molar-refractivity contribution is 6.01. The van der Waals surface area contributed by atoms with E-state index in [1.54, 1.807) is 32.9 Å². The van der Waals surface area contributed by atoms with E-state index >= 15 is 0 Å². The Kier molecular flexibility index (Phi) is 5.46. The lowest BCUT2D eigenvalue weighted by atomic mass is 10.0. The summed E-state index contributed by atoms with van der Waals surface area (Å²) < 4.78 is 35.9. The van der Waals surface area contributed by atoms with Crippen LogP contribution in [0.4, 0.5) is 20.4 Å². The van der Waals surface area contributed by atoms with Crippen LogP contribution in [0.5, 0.6) is 5.88 Å². The summed E-state index contributed by atoms with van der Waals surface area (Å²) in [7, 11) is 0. The van der Waals surface area contributed by atoms with Crippen LogP contribution in [-0.2, 0) is 0 Å². The maximum absolute atomic E-state index is 14.5. The highest BCUT2D eigenvalue weighted by atomic mass is 19.1. The molecule has 1 aromatic carbocycles. The average Bonchev–Trinajstić information content (AvgIpc) is 3.24. The van der Waals surface area contributed by atoms with Crippen LogP contribution in [0.25, 0.3) is 16.8 Å². The minimum Gasteiger partial charge on any atom is -0.473 e. The number of halogens is 2. The highest BCUT2D eigenvalue weighted by Crippen LogP contribution is 2.37. The number of hydrogen-bond donors (Lipinski definition) is 3. The van der Waals surface area contributed by atoms with Crippen LogP contribution in [0.3, 0.4) is 0 Å². The fraction of sp³-hybridized carbons (Fsp3) is 0.250. The summed E-state index contributed by atoms with van der Waals surface area (Å²) in [6.45, 7) is 5.38. The van der Waals surface area contributed by atoms with Crippen molar-refractivity contribution in [1.82, 2.24) is 24.9 Å². The molecular weight excluding hydrogens is 456 g/mol. The number of carbonyl (C=O) groups excluding carboxylic acids is 1. The molecule has 11 heteroatoms. The van der Waals surface area contributed by atoms with E-state index in [-0.39, 0.29) is 35.3 Å². The first-order valence-corrected chi connectivity index (χ1v) is 11.0. The molecule has 9 nitrogen and oxygen atoms in total. The average molecular weight is 479 g/mol. The van der Waals surface area contributed by atoms with Crippen molar-refractivity contribution in [2.24, 2.45) is 0 Å². The number of nitrogens with two attached hydrogens (primary N) is 1. The zero-order valence-electron chi connectivity index (χ0n) is 19.3. The molecule has 3 aromatic heterocycles. The summed E-state index contributed by atoms with van der Waals surface area (Å²) in [6.07, 6.45) is 1.98. The summed E-state index contributed by atoms with van der Waals surface area (Å²) in [5, 5.41) is 10.3. The Balaban J connectivity index is 1.76. The zero-order valence-corrected chi connectivity index (χ0v) is 19.3. The second kappa shape index (κ2) is 8.49. The highest BCUT2D eigenvalue weighted by Gasteiger charge is 2.25. The van der Waals surface area contributed by atoms with Crippen LogP contribution < -0.4 is 21.1 Å². The third-order valence-electron chi connectivity index (χ3n) is 5.92. The number of anilines is 2. The number of nitrogens with zero attached hydrogens (tertiary/aromatic N) is 4. The summed E-state index contributed by atoms with van der Waals surface area (Å²) in [6, 6.07) is 5.49. The third kappa shape index (κ3) is 3.98. The van der Waals surface area contributed by atoms with Crippen LogP contribution in [0.15, 0.2) is 36.7 Å². The van der Waals surface area contributed by atoms with Crippen molar-refractivity contribution in [2.75, 3.05) is 17.6 Å². The third-order valence-corrected chi connectivity index (χ3v) is 5.92. The first kappa shape index (κ1) is 22.5. The van der Waals surface area contributed by atoms with Crippen molar-refractivity contribution in [3.8, 4) is 17.0 Å². The molecule has 0 unspecified atom stereocenters. The fourth-order valence-electron chi connectivity index (χ4n) is 4.01. The summed E-state index contributed by atoms with van der Waals surface area (Å²) in [5.41, 5.74) is 8.69. The Morgan fingerprint density at radius 1 is 1.20 bits per heavy atom. The van der Waals surface area contributed by atoms with Crippen molar-refractivity contribution in [3.63, 3.8) is 0 Å². The van der Waals surface area contributed by atoms with E-state index in [9.17, 15) is 13.6 Å². The predicted octanol–water partition coefficient (Wildman–Crippen LogP) is 3.64. The monoisotopic (exact) mass is 479 g/mol. The van der Waals surface area contributed by atoms with Gasteiger partial charge in [-0.05, 0) is 44.0 Å². The van der Waals surface area contributed by atoms with Gasteiger partial charge in [0.05, 0.1) is 30.5 Å². The van der Waals surface area contributed by atoms with Crippen molar-refractivity contribution in [1.29, 1.82) is 0 Å². The van der Waals surface area contributed by atoms with Gasteiger partial charge in [-0.2, -0.15) is 9.61 Å². The number of carbonyl (C=O) groups is 1. The number of aromatic nitrogens is 4. The summed E-state index contributed by atoms with van der Waals surface area (Å²) in [5.74, 6) is -0.721. The van der Waals surface area contributed by atoms with Crippen LogP contribution >= 0.6 is 0 Å². The van der Waals surface area contributed by atoms with E-state index in [2.05, 4.69) is 25.7 Å².